The van der Waals surface area contributed by atoms with Gasteiger partial charge < -0.3 is 5.11 Å². The first kappa shape index (κ1) is 11.4. The van der Waals surface area contributed by atoms with Crippen molar-refractivity contribution in [2.24, 2.45) is 0 Å². The Bertz CT molecular complexity index is 505. The van der Waals surface area contributed by atoms with Gasteiger partial charge >= 0.3 is 5.97 Å². The van der Waals surface area contributed by atoms with Crippen LogP contribution in [0.2, 0.25) is 0 Å². The van der Waals surface area contributed by atoms with Crippen molar-refractivity contribution in [1.29, 1.82) is 0 Å². The monoisotopic (exact) mass is 230 g/mol. The molecule has 0 radical (unpaired) electrons. The molecule has 1 aromatic carbocycles. The number of carbonyl (C=O) groups is 1. The molecule has 0 heterocycles. The van der Waals surface area contributed by atoms with Crippen LogP contribution in [0, 0.1) is 5.82 Å². The molecule has 0 aliphatic carbocycles. The lowest BCUT2D eigenvalue weighted by atomic mass is 10.4. The summed E-state index contributed by atoms with van der Waals surface area (Å²) in [6.45, 7) is 0. The maximum absolute atomic E-state index is 12.7. The van der Waals surface area contributed by atoms with Crippen LogP contribution in [-0.4, -0.2) is 19.5 Å². The van der Waals surface area contributed by atoms with Gasteiger partial charge in [0.1, 0.15) is 5.82 Å². The standard InChI is InChI=1S/C9H7FO4S/c10-7-2-1-3-8(6-7)15(13,14)5-4-9(11)12/h1-6H,(H,11,12)/b5-4+. The molecule has 6 heteroatoms. The van der Waals surface area contributed by atoms with E-state index in [4.69, 9.17) is 5.11 Å². The molecule has 0 aromatic heterocycles. The van der Waals surface area contributed by atoms with Crippen LogP contribution in [0.15, 0.2) is 40.6 Å². The highest BCUT2D eigenvalue weighted by Gasteiger charge is 2.11. The van der Waals surface area contributed by atoms with Gasteiger partial charge in [-0.05, 0) is 18.2 Å². The van der Waals surface area contributed by atoms with E-state index in [-0.39, 0.29) is 4.90 Å². The number of rotatable bonds is 3. The number of carboxylic acid groups (broad SMARTS) is 1. The fourth-order valence-electron chi connectivity index (χ4n) is 0.870. The van der Waals surface area contributed by atoms with Crippen molar-refractivity contribution in [1.82, 2.24) is 0 Å². The molecule has 15 heavy (non-hydrogen) atoms. The molecule has 1 aromatic rings. The summed E-state index contributed by atoms with van der Waals surface area (Å²) in [7, 11) is -3.88. The van der Waals surface area contributed by atoms with Gasteiger partial charge in [0.15, 0.2) is 9.84 Å². The van der Waals surface area contributed by atoms with Gasteiger partial charge in [-0.15, -0.1) is 0 Å². The Morgan fingerprint density at radius 2 is 2.07 bits per heavy atom. The van der Waals surface area contributed by atoms with Gasteiger partial charge in [-0.2, -0.15) is 0 Å². The van der Waals surface area contributed by atoms with Gasteiger partial charge in [0.05, 0.1) is 4.90 Å². The van der Waals surface area contributed by atoms with E-state index < -0.39 is 21.6 Å². The van der Waals surface area contributed by atoms with Crippen LogP contribution < -0.4 is 0 Å². The summed E-state index contributed by atoms with van der Waals surface area (Å²) in [5.41, 5.74) is 0. The van der Waals surface area contributed by atoms with Crippen LogP contribution in [0.1, 0.15) is 0 Å². The first-order valence-corrected chi connectivity index (χ1v) is 5.38. The molecular weight excluding hydrogens is 223 g/mol. The van der Waals surface area contributed by atoms with E-state index in [1.54, 1.807) is 0 Å². The first-order chi connectivity index (χ1) is 6.92. The smallest absolute Gasteiger partial charge is 0.329 e. The van der Waals surface area contributed by atoms with Crippen molar-refractivity contribution in [3.05, 3.63) is 41.6 Å². The lowest BCUT2D eigenvalue weighted by Gasteiger charge is -1.97. The number of halogens is 1. The molecule has 80 valence electrons. The maximum atomic E-state index is 12.7. The van der Waals surface area contributed by atoms with Crippen LogP contribution in [-0.2, 0) is 14.6 Å². The largest absolute Gasteiger partial charge is 0.478 e. The van der Waals surface area contributed by atoms with Crippen LogP contribution >= 0.6 is 0 Å². The molecule has 1 N–H and O–H groups in total. The van der Waals surface area contributed by atoms with Crippen LogP contribution in [0.5, 0.6) is 0 Å². The van der Waals surface area contributed by atoms with E-state index in [9.17, 15) is 17.6 Å². The molecule has 0 fully saturated rings. The molecule has 4 nitrogen and oxygen atoms in total. The van der Waals surface area contributed by atoms with E-state index in [2.05, 4.69) is 0 Å². The third kappa shape index (κ3) is 3.17. The molecule has 0 aliphatic rings. The quantitative estimate of drug-likeness (QED) is 0.792. The summed E-state index contributed by atoms with van der Waals surface area (Å²) in [5, 5.41) is 8.77. The number of aliphatic carboxylic acids is 1. The van der Waals surface area contributed by atoms with Crippen LogP contribution in [0.4, 0.5) is 4.39 Å². The van der Waals surface area contributed by atoms with Crippen LogP contribution in [0.3, 0.4) is 0 Å². The van der Waals surface area contributed by atoms with E-state index >= 15 is 0 Å². The normalized spacial score (nSPS) is 11.8. The fraction of sp³-hybridized carbons (Fsp3) is 0. The Balaban J connectivity index is 3.12. The minimum atomic E-state index is -3.88. The van der Waals surface area contributed by atoms with Gasteiger partial charge in [0.2, 0.25) is 0 Å². The molecule has 0 bridgehead atoms. The Morgan fingerprint density at radius 3 is 2.60 bits per heavy atom. The highest BCUT2D eigenvalue weighted by molar-refractivity contribution is 7.94. The molecular formula is C9H7FO4S. The second kappa shape index (κ2) is 4.22. The number of hydrogen-bond donors (Lipinski definition) is 1. The maximum Gasteiger partial charge on any atom is 0.329 e. The summed E-state index contributed by atoms with van der Waals surface area (Å²) >= 11 is 0. The van der Waals surface area contributed by atoms with Crippen molar-refractivity contribution >= 4 is 15.8 Å². The summed E-state index contributed by atoms with van der Waals surface area (Å²) in [6.07, 6.45) is 0.486. The molecule has 0 amide bonds. The molecule has 0 saturated heterocycles. The predicted octanol–water partition coefficient (Wildman–Crippen LogP) is 1.20. The van der Waals surface area contributed by atoms with Crippen molar-refractivity contribution in [2.75, 3.05) is 0 Å². The Kier molecular flexibility index (Phi) is 3.21. The fourth-order valence-corrected chi connectivity index (χ4v) is 1.87. The average molecular weight is 230 g/mol. The number of sulfone groups is 1. The highest BCUT2D eigenvalue weighted by Crippen LogP contribution is 2.13. The van der Waals surface area contributed by atoms with Gasteiger partial charge in [-0.3, -0.25) is 0 Å². The molecule has 0 saturated carbocycles. The summed E-state index contributed by atoms with van der Waals surface area (Å²) in [6, 6.07) is 4.34. The van der Waals surface area contributed by atoms with Gasteiger partial charge in [-0.1, -0.05) is 6.07 Å². The third-order valence-electron chi connectivity index (χ3n) is 1.51. The highest BCUT2D eigenvalue weighted by atomic mass is 32.2. The summed E-state index contributed by atoms with van der Waals surface area (Å²) < 4.78 is 35.4. The Labute approximate surface area is 85.6 Å². The molecule has 1 rings (SSSR count). The minimum absolute atomic E-state index is 0.278. The topological polar surface area (TPSA) is 71.4 Å². The lowest BCUT2D eigenvalue weighted by Crippen LogP contribution is -1.98. The Morgan fingerprint density at radius 1 is 1.40 bits per heavy atom. The second-order valence-electron chi connectivity index (χ2n) is 2.64. The number of hydrogen-bond acceptors (Lipinski definition) is 3. The molecule has 0 unspecified atom stereocenters. The van der Waals surface area contributed by atoms with Gasteiger partial charge in [0, 0.05) is 11.5 Å². The van der Waals surface area contributed by atoms with E-state index in [1.165, 1.54) is 12.1 Å². The SMILES string of the molecule is O=C(O)/C=C/S(=O)(=O)c1cccc(F)c1. The molecule has 0 atom stereocenters. The zero-order valence-corrected chi connectivity index (χ0v) is 8.24. The summed E-state index contributed by atoms with van der Waals surface area (Å²) in [5.74, 6) is -2.07. The first-order valence-electron chi connectivity index (χ1n) is 3.83. The Hall–Kier alpha value is -1.69. The van der Waals surface area contributed by atoms with E-state index in [1.807, 2.05) is 0 Å². The van der Waals surface area contributed by atoms with E-state index in [0.717, 1.165) is 12.1 Å². The van der Waals surface area contributed by atoms with Crippen molar-refractivity contribution in [3.8, 4) is 0 Å². The lowest BCUT2D eigenvalue weighted by molar-refractivity contribution is -0.131. The molecule has 0 spiro atoms. The van der Waals surface area contributed by atoms with Gasteiger partial charge in [-0.25, -0.2) is 17.6 Å². The van der Waals surface area contributed by atoms with Crippen LogP contribution in [0.25, 0.3) is 0 Å². The zero-order chi connectivity index (χ0) is 11.5. The third-order valence-corrected chi connectivity index (χ3v) is 2.92. The second-order valence-corrected chi connectivity index (χ2v) is 4.48. The minimum Gasteiger partial charge on any atom is -0.478 e. The van der Waals surface area contributed by atoms with E-state index in [0.29, 0.717) is 11.5 Å². The zero-order valence-electron chi connectivity index (χ0n) is 7.42. The summed E-state index contributed by atoms with van der Waals surface area (Å²) in [4.78, 5) is 9.84. The van der Waals surface area contributed by atoms with Crippen molar-refractivity contribution < 1.29 is 22.7 Å². The number of benzene rings is 1. The van der Waals surface area contributed by atoms with Crippen molar-refractivity contribution in [2.45, 2.75) is 4.90 Å². The number of carboxylic acids is 1. The average Bonchev–Trinajstić information content (AvgIpc) is 2.15. The molecule has 0 aliphatic heterocycles. The van der Waals surface area contributed by atoms with Crippen molar-refractivity contribution in [3.63, 3.8) is 0 Å². The predicted molar refractivity (Wildman–Crippen MR) is 50.4 cm³/mol. The van der Waals surface area contributed by atoms with Gasteiger partial charge in [0.25, 0.3) is 0 Å².